The van der Waals surface area contributed by atoms with Gasteiger partial charge in [-0.05, 0) is 36.6 Å². The first-order valence-electron chi connectivity index (χ1n) is 10.8. The minimum Gasteiger partial charge on any atom is -0.465 e. The van der Waals surface area contributed by atoms with Gasteiger partial charge >= 0.3 is 6.09 Å². The Labute approximate surface area is 182 Å². The first-order valence-corrected chi connectivity index (χ1v) is 10.8. The fourth-order valence-corrected chi connectivity index (χ4v) is 4.62. The summed E-state index contributed by atoms with van der Waals surface area (Å²) in [4.78, 5) is 27.7. The van der Waals surface area contributed by atoms with Gasteiger partial charge in [0, 0.05) is 63.1 Å². The van der Waals surface area contributed by atoms with E-state index in [1.54, 1.807) is 11.8 Å². The lowest BCUT2D eigenvalue weighted by Gasteiger charge is -2.39. The molecule has 2 atom stereocenters. The average Bonchev–Trinajstić information content (AvgIpc) is 3.21. The van der Waals surface area contributed by atoms with Crippen LogP contribution in [0, 0.1) is 0 Å². The molecule has 0 aliphatic carbocycles. The fraction of sp³-hybridized carbons (Fsp3) is 0.500. The second-order valence-corrected chi connectivity index (χ2v) is 8.33. The van der Waals surface area contributed by atoms with E-state index in [1.165, 1.54) is 0 Å². The van der Waals surface area contributed by atoms with E-state index in [9.17, 15) is 14.7 Å². The van der Waals surface area contributed by atoms with Gasteiger partial charge in [0.1, 0.15) is 0 Å². The van der Waals surface area contributed by atoms with Gasteiger partial charge in [-0.3, -0.25) is 14.4 Å². The lowest BCUT2D eigenvalue weighted by Crippen LogP contribution is -2.45. The van der Waals surface area contributed by atoms with E-state index in [0.29, 0.717) is 6.42 Å². The van der Waals surface area contributed by atoms with Gasteiger partial charge in [0.15, 0.2) is 0 Å². The molecule has 2 aliphatic rings. The van der Waals surface area contributed by atoms with Crippen molar-refractivity contribution in [1.29, 1.82) is 0 Å². The van der Waals surface area contributed by atoms with E-state index in [0.717, 1.165) is 61.6 Å². The molecule has 1 fully saturated rings. The molecular weight excluding hydrogens is 396 g/mol. The monoisotopic (exact) mass is 426 g/mol. The lowest BCUT2D eigenvalue weighted by atomic mass is 9.89. The molecule has 2 amide bonds. The van der Waals surface area contributed by atoms with Gasteiger partial charge in [-0.15, -0.1) is 0 Å². The van der Waals surface area contributed by atoms with Crippen molar-refractivity contribution >= 4 is 17.7 Å². The zero-order chi connectivity index (χ0) is 22.0. The molecule has 3 heterocycles. The van der Waals surface area contributed by atoms with Crippen LogP contribution in [-0.4, -0.2) is 70.6 Å². The largest absolute Gasteiger partial charge is 0.465 e. The predicted octanol–water partition coefficient (Wildman–Crippen LogP) is 1.91. The number of amides is 2. The third-order valence-corrected chi connectivity index (χ3v) is 6.14. The zero-order valence-electron chi connectivity index (χ0n) is 18.0. The molecular formula is C22H30N6O3. The summed E-state index contributed by atoms with van der Waals surface area (Å²) in [5, 5.41) is 19.8. The van der Waals surface area contributed by atoms with Crippen molar-refractivity contribution in [3.8, 4) is 11.1 Å². The van der Waals surface area contributed by atoms with Crippen molar-refractivity contribution in [1.82, 2.24) is 25.3 Å². The van der Waals surface area contributed by atoms with Crippen molar-refractivity contribution in [2.75, 3.05) is 37.6 Å². The Morgan fingerprint density at radius 1 is 1.23 bits per heavy atom. The van der Waals surface area contributed by atoms with Gasteiger partial charge in [0.2, 0.25) is 5.91 Å². The minimum atomic E-state index is -1.06. The Bertz CT molecular complexity index is 952. The van der Waals surface area contributed by atoms with Gasteiger partial charge in [-0.25, -0.2) is 4.79 Å². The topological polar surface area (TPSA) is 103 Å². The highest BCUT2D eigenvalue weighted by Crippen LogP contribution is 2.39. The average molecular weight is 427 g/mol. The summed E-state index contributed by atoms with van der Waals surface area (Å²) in [6.07, 6.45) is 3.34. The normalized spacial score (nSPS) is 21.5. The molecule has 0 saturated carbocycles. The van der Waals surface area contributed by atoms with Crippen molar-refractivity contribution < 1.29 is 14.7 Å². The Balaban J connectivity index is 1.56. The number of piperazine rings is 1. The number of carboxylic acid groups (broad SMARTS) is 1. The van der Waals surface area contributed by atoms with Crippen LogP contribution in [0.2, 0.25) is 0 Å². The summed E-state index contributed by atoms with van der Waals surface area (Å²) >= 11 is 0. The number of carbonyl (C=O) groups excluding carboxylic acids is 1. The SMILES string of the molecule is CC(=O)N1c2ccc(-c3cnn(CCN4CCNCC4)c3)cc2[C@H](NC(=O)O)C[C@@H]1C. The van der Waals surface area contributed by atoms with Crippen LogP contribution in [0.1, 0.15) is 31.9 Å². The van der Waals surface area contributed by atoms with Crippen LogP contribution < -0.4 is 15.5 Å². The predicted molar refractivity (Wildman–Crippen MR) is 118 cm³/mol. The van der Waals surface area contributed by atoms with Gasteiger partial charge < -0.3 is 20.6 Å². The number of fused-ring (bicyclic) bond motifs is 1. The number of carbonyl (C=O) groups is 2. The standard InChI is InChI=1S/C22H30N6O3/c1-15-11-20(25-22(30)31)19-12-17(3-4-21(19)28(15)16(2)29)18-13-24-27(14-18)10-9-26-7-5-23-6-8-26/h3-4,12-15,20,23,25H,5-11H2,1-2H3,(H,30,31)/t15-,20+/m0/s1. The van der Waals surface area contributed by atoms with Crippen LogP contribution in [0.4, 0.5) is 10.5 Å². The van der Waals surface area contributed by atoms with Crippen LogP contribution in [-0.2, 0) is 11.3 Å². The second kappa shape index (κ2) is 9.07. The van der Waals surface area contributed by atoms with Crippen LogP contribution >= 0.6 is 0 Å². The highest BCUT2D eigenvalue weighted by Gasteiger charge is 2.33. The summed E-state index contributed by atoms with van der Waals surface area (Å²) in [6.45, 7) is 9.44. The molecule has 3 N–H and O–H groups in total. The highest BCUT2D eigenvalue weighted by molar-refractivity contribution is 5.94. The molecule has 9 heteroatoms. The molecule has 0 bridgehead atoms. The van der Waals surface area contributed by atoms with E-state index < -0.39 is 6.09 Å². The van der Waals surface area contributed by atoms with E-state index in [-0.39, 0.29) is 18.0 Å². The number of aromatic nitrogens is 2. The molecule has 2 aliphatic heterocycles. The Kier molecular flexibility index (Phi) is 6.24. The Hall–Kier alpha value is -2.91. The first kappa shape index (κ1) is 21.3. The molecule has 0 radical (unpaired) electrons. The quantitative estimate of drug-likeness (QED) is 0.675. The number of benzene rings is 1. The van der Waals surface area contributed by atoms with E-state index in [1.807, 2.05) is 42.2 Å². The van der Waals surface area contributed by atoms with Crippen LogP contribution in [0.25, 0.3) is 11.1 Å². The lowest BCUT2D eigenvalue weighted by molar-refractivity contribution is -0.117. The third kappa shape index (κ3) is 4.72. The molecule has 4 rings (SSSR count). The summed E-state index contributed by atoms with van der Waals surface area (Å²) in [7, 11) is 0. The maximum absolute atomic E-state index is 12.2. The fourth-order valence-electron chi connectivity index (χ4n) is 4.62. The summed E-state index contributed by atoms with van der Waals surface area (Å²) in [5.74, 6) is -0.0454. The van der Waals surface area contributed by atoms with Crippen LogP contribution in [0.15, 0.2) is 30.6 Å². The molecule has 0 unspecified atom stereocenters. The molecule has 1 aromatic heterocycles. The number of nitrogens with zero attached hydrogens (tertiary/aromatic N) is 4. The zero-order valence-corrected chi connectivity index (χ0v) is 18.0. The Morgan fingerprint density at radius 2 is 2.00 bits per heavy atom. The smallest absolute Gasteiger partial charge is 0.405 e. The minimum absolute atomic E-state index is 0.0454. The third-order valence-electron chi connectivity index (χ3n) is 6.14. The van der Waals surface area contributed by atoms with Gasteiger partial charge in [-0.2, -0.15) is 5.10 Å². The van der Waals surface area contributed by atoms with Crippen LogP contribution in [0.5, 0.6) is 0 Å². The van der Waals surface area contributed by atoms with Crippen molar-refractivity contribution in [2.45, 2.75) is 38.9 Å². The van der Waals surface area contributed by atoms with Crippen LogP contribution in [0.3, 0.4) is 0 Å². The van der Waals surface area contributed by atoms with Gasteiger partial charge in [-0.1, -0.05) is 6.07 Å². The second-order valence-electron chi connectivity index (χ2n) is 8.33. The number of anilines is 1. The summed E-state index contributed by atoms with van der Waals surface area (Å²) in [6, 6.07) is 5.43. The molecule has 1 aromatic carbocycles. The summed E-state index contributed by atoms with van der Waals surface area (Å²) in [5.41, 5.74) is 3.52. The molecule has 1 saturated heterocycles. The van der Waals surface area contributed by atoms with Crippen molar-refractivity contribution in [3.63, 3.8) is 0 Å². The number of nitrogens with one attached hydrogen (secondary N) is 2. The van der Waals surface area contributed by atoms with Crippen molar-refractivity contribution in [2.24, 2.45) is 0 Å². The molecule has 2 aromatic rings. The highest BCUT2D eigenvalue weighted by atomic mass is 16.4. The van der Waals surface area contributed by atoms with Gasteiger partial charge in [0.05, 0.1) is 18.8 Å². The maximum atomic E-state index is 12.2. The maximum Gasteiger partial charge on any atom is 0.405 e. The molecule has 0 spiro atoms. The van der Waals surface area contributed by atoms with Gasteiger partial charge in [0.25, 0.3) is 0 Å². The van der Waals surface area contributed by atoms with Crippen molar-refractivity contribution in [3.05, 3.63) is 36.2 Å². The molecule has 31 heavy (non-hydrogen) atoms. The first-order chi connectivity index (χ1) is 14.9. The van der Waals surface area contributed by atoms with E-state index in [4.69, 9.17) is 0 Å². The molecule has 166 valence electrons. The van der Waals surface area contributed by atoms with E-state index in [2.05, 4.69) is 20.6 Å². The van der Waals surface area contributed by atoms with E-state index >= 15 is 0 Å². The Morgan fingerprint density at radius 3 is 2.71 bits per heavy atom. The summed E-state index contributed by atoms with van der Waals surface area (Å²) < 4.78 is 1.95. The number of hydrogen-bond acceptors (Lipinski definition) is 5. The molecule has 9 nitrogen and oxygen atoms in total. The number of rotatable bonds is 5. The number of hydrogen-bond donors (Lipinski definition) is 3.